The summed E-state index contributed by atoms with van der Waals surface area (Å²) in [5.41, 5.74) is 0. The smallest absolute Gasteiger partial charge is 0.387 e. The molecule has 1 amide bonds. The maximum absolute atomic E-state index is 12.9. The van der Waals surface area contributed by atoms with Gasteiger partial charge in [-0.15, -0.1) is 0 Å². The van der Waals surface area contributed by atoms with Crippen molar-refractivity contribution in [1.29, 1.82) is 0 Å². The van der Waals surface area contributed by atoms with Gasteiger partial charge in [0.25, 0.3) is 0 Å². The van der Waals surface area contributed by atoms with E-state index in [-0.39, 0.29) is 19.1 Å². The van der Waals surface area contributed by atoms with E-state index in [4.69, 9.17) is 9.05 Å². The molecule has 3 N–H and O–H groups in total. The number of nitrogens with zero attached hydrogens (tertiary/aromatic N) is 1. The van der Waals surface area contributed by atoms with E-state index in [1.54, 1.807) is 6.08 Å². The minimum Gasteiger partial charge on any atom is -0.387 e. The molecular weight excluding hydrogens is 707 g/mol. The number of amides is 1. The molecule has 0 bridgehead atoms. The Morgan fingerprint density at radius 2 is 1.00 bits per heavy atom. The molecule has 8 nitrogen and oxygen atoms in total. The van der Waals surface area contributed by atoms with Crippen LogP contribution in [0.2, 0.25) is 0 Å². The Morgan fingerprint density at radius 1 is 0.600 bits per heavy atom. The Balaban J connectivity index is 4.50. The number of unbranched alkanes of at least 4 members (excludes halogenated alkanes) is 21. The lowest BCUT2D eigenvalue weighted by molar-refractivity contribution is -0.870. The molecule has 3 atom stereocenters. The summed E-state index contributed by atoms with van der Waals surface area (Å²) < 4.78 is 23.5. The van der Waals surface area contributed by atoms with E-state index >= 15 is 0 Å². The first-order valence-electron chi connectivity index (χ1n) is 22.5. The average molecular weight is 796 g/mol. The highest BCUT2D eigenvalue weighted by Crippen LogP contribution is 2.43. The lowest BCUT2D eigenvalue weighted by atomic mass is 10.1. The van der Waals surface area contributed by atoms with Crippen molar-refractivity contribution in [3.63, 3.8) is 0 Å². The fourth-order valence-electron chi connectivity index (χ4n) is 6.12. The van der Waals surface area contributed by atoms with Gasteiger partial charge in [0.15, 0.2) is 0 Å². The van der Waals surface area contributed by atoms with Crippen molar-refractivity contribution in [2.24, 2.45) is 0 Å². The number of likely N-dealkylation sites (N-methyl/N-ethyl adjacent to an activating group) is 1. The van der Waals surface area contributed by atoms with E-state index in [2.05, 4.69) is 55.6 Å². The molecule has 0 radical (unpaired) electrons. The highest BCUT2D eigenvalue weighted by atomic mass is 31.2. The number of quaternary nitrogens is 1. The third-order valence-electron chi connectivity index (χ3n) is 9.75. The summed E-state index contributed by atoms with van der Waals surface area (Å²) in [5.74, 6) is -0.198. The molecule has 0 fully saturated rings. The van der Waals surface area contributed by atoms with Crippen molar-refractivity contribution < 1.29 is 32.9 Å². The van der Waals surface area contributed by atoms with E-state index in [1.807, 2.05) is 27.2 Å². The number of hydrogen-bond acceptors (Lipinski definition) is 5. The van der Waals surface area contributed by atoms with Gasteiger partial charge in [-0.25, -0.2) is 4.57 Å². The van der Waals surface area contributed by atoms with Gasteiger partial charge in [0, 0.05) is 6.42 Å². The van der Waals surface area contributed by atoms with Gasteiger partial charge in [-0.3, -0.25) is 13.8 Å². The van der Waals surface area contributed by atoms with Crippen molar-refractivity contribution in [2.45, 2.75) is 199 Å². The van der Waals surface area contributed by atoms with Crippen LogP contribution in [0.15, 0.2) is 48.6 Å². The number of hydrogen-bond donors (Lipinski definition) is 3. The molecule has 0 aromatic carbocycles. The Morgan fingerprint density at radius 3 is 1.45 bits per heavy atom. The minimum absolute atomic E-state index is 0.0517. The Bertz CT molecular complexity index is 1040. The molecule has 0 aromatic rings. The SMILES string of the molecule is CCCCCCCC/C=C\CCCCCCCCCC(=O)NC(COP(=O)(O)OCC[N+](C)(C)C)C(O)/C=C/CC/C=C/CC/C=C/CCCCCCCC. The van der Waals surface area contributed by atoms with E-state index in [0.29, 0.717) is 17.4 Å². The van der Waals surface area contributed by atoms with Gasteiger partial charge in [0.1, 0.15) is 13.2 Å². The summed E-state index contributed by atoms with van der Waals surface area (Å²) in [7, 11) is 1.54. The second-order valence-corrected chi connectivity index (χ2v) is 17.9. The first-order chi connectivity index (χ1) is 26.5. The number of carbonyl (C=O) groups excluding carboxylic acids is 1. The Kier molecular flexibility index (Phi) is 36.9. The maximum atomic E-state index is 12.9. The molecular formula is C46H88N2O6P+. The van der Waals surface area contributed by atoms with Crippen LogP contribution in [0.1, 0.15) is 187 Å². The number of carbonyl (C=O) groups is 1. The molecule has 55 heavy (non-hydrogen) atoms. The zero-order chi connectivity index (χ0) is 40.7. The quantitative estimate of drug-likeness (QED) is 0.0247. The van der Waals surface area contributed by atoms with E-state index in [9.17, 15) is 19.4 Å². The largest absolute Gasteiger partial charge is 0.472 e. The monoisotopic (exact) mass is 796 g/mol. The summed E-state index contributed by atoms with van der Waals surface area (Å²) in [6.07, 6.45) is 47.5. The Labute approximate surface area is 339 Å². The summed E-state index contributed by atoms with van der Waals surface area (Å²) in [4.78, 5) is 23.1. The van der Waals surface area contributed by atoms with E-state index in [0.717, 1.165) is 44.9 Å². The molecule has 322 valence electrons. The summed E-state index contributed by atoms with van der Waals surface area (Å²) in [6.45, 7) is 4.76. The molecule has 0 spiro atoms. The van der Waals surface area contributed by atoms with Crippen LogP contribution in [0.5, 0.6) is 0 Å². The summed E-state index contributed by atoms with van der Waals surface area (Å²) in [5, 5.41) is 13.8. The van der Waals surface area contributed by atoms with Gasteiger partial charge in [-0.2, -0.15) is 0 Å². The van der Waals surface area contributed by atoms with Gasteiger partial charge in [0.05, 0.1) is 39.9 Å². The number of allylic oxidation sites excluding steroid dienone is 7. The number of phosphoric acid groups is 1. The van der Waals surface area contributed by atoms with Gasteiger partial charge >= 0.3 is 7.82 Å². The van der Waals surface area contributed by atoms with Crippen LogP contribution in [-0.2, 0) is 18.4 Å². The van der Waals surface area contributed by atoms with Crippen LogP contribution in [0.3, 0.4) is 0 Å². The molecule has 3 unspecified atom stereocenters. The molecule has 0 saturated heterocycles. The van der Waals surface area contributed by atoms with Crippen molar-refractivity contribution in [3.8, 4) is 0 Å². The maximum Gasteiger partial charge on any atom is 0.472 e. The molecule has 0 aliphatic rings. The third kappa shape index (κ3) is 40.5. The average Bonchev–Trinajstić information content (AvgIpc) is 3.13. The first-order valence-corrected chi connectivity index (χ1v) is 24.0. The number of nitrogens with one attached hydrogen (secondary N) is 1. The van der Waals surface area contributed by atoms with Gasteiger partial charge in [0.2, 0.25) is 5.91 Å². The number of phosphoric ester groups is 1. The molecule has 0 heterocycles. The molecule has 9 heteroatoms. The molecule has 0 rings (SSSR count). The van der Waals surface area contributed by atoms with Gasteiger partial charge in [-0.05, 0) is 70.6 Å². The van der Waals surface area contributed by atoms with Crippen LogP contribution in [0.25, 0.3) is 0 Å². The lowest BCUT2D eigenvalue weighted by Gasteiger charge is -2.25. The topological polar surface area (TPSA) is 105 Å². The highest BCUT2D eigenvalue weighted by Gasteiger charge is 2.27. The fourth-order valence-corrected chi connectivity index (χ4v) is 6.86. The normalized spacial score (nSPS) is 14.8. The van der Waals surface area contributed by atoms with Crippen molar-refractivity contribution in [1.82, 2.24) is 5.32 Å². The van der Waals surface area contributed by atoms with Crippen molar-refractivity contribution in [3.05, 3.63) is 48.6 Å². The van der Waals surface area contributed by atoms with E-state index in [1.165, 1.54) is 122 Å². The van der Waals surface area contributed by atoms with Crippen LogP contribution in [0.4, 0.5) is 0 Å². The summed E-state index contributed by atoms with van der Waals surface area (Å²) >= 11 is 0. The third-order valence-corrected chi connectivity index (χ3v) is 10.7. The molecule has 0 aliphatic carbocycles. The summed E-state index contributed by atoms with van der Waals surface area (Å²) in [6, 6.07) is -0.871. The number of aliphatic hydroxyl groups is 1. The van der Waals surface area contributed by atoms with Crippen LogP contribution in [-0.4, -0.2) is 73.4 Å². The van der Waals surface area contributed by atoms with Crippen molar-refractivity contribution >= 4 is 13.7 Å². The number of aliphatic hydroxyl groups excluding tert-OH is 1. The minimum atomic E-state index is -4.35. The second kappa shape index (κ2) is 38.0. The second-order valence-electron chi connectivity index (χ2n) is 16.4. The molecule has 0 aromatic heterocycles. The standard InChI is InChI=1S/C46H87N2O6P/c1-6-8-10-12-14-16-18-20-22-24-26-28-30-32-34-36-38-40-46(50)47-44(43-54-55(51,52)53-42-41-48(3,4)5)45(49)39-37-35-33-31-29-27-25-23-21-19-17-15-13-11-9-7-2/h20-23,29,31,37,39,44-45,49H,6-19,24-28,30,32-36,38,40-43H2,1-5H3,(H-,47,50,51,52)/p+1/b22-20-,23-21+,31-29+,39-37+. The van der Waals surface area contributed by atoms with Crippen LogP contribution < -0.4 is 5.32 Å². The highest BCUT2D eigenvalue weighted by molar-refractivity contribution is 7.47. The lowest BCUT2D eigenvalue weighted by Crippen LogP contribution is -2.45. The van der Waals surface area contributed by atoms with Gasteiger partial charge < -0.3 is 19.8 Å². The zero-order valence-corrected chi connectivity index (χ0v) is 37.3. The predicted octanol–water partition coefficient (Wildman–Crippen LogP) is 12.5. The predicted molar refractivity (Wildman–Crippen MR) is 235 cm³/mol. The fraction of sp³-hybridized carbons (Fsp3) is 0.804. The first kappa shape index (κ1) is 53.5. The van der Waals surface area contributed by atoms with E-state index < -0.39 is 20.0 Å². The van der Waals surface area contributed by atoms with Crippen LogP contribution >= 0.6 is 7.82 Å². The van der Waals surface area contributed by atoms with Gasteiger partial charge in [-0.1, -0.05) is 159 Å². The number of rotatable bonds is 40. The van der Waals surface area contributed by atoms with Crippen molar-refractivity contribution in [2.75, 3.05) is 40.9 Å². The molecule has 0 saturated carbocycles. The molecule has 0 aliphatic heterocycles. The Hall–Kier alpha value is -1.54. The zero-order valence-electron chi connectivity index (χ0n) is 36.4. The van der Waals surface area contributed by atoms with Crippen LogP contribution in [0, 0.1) is 0 Å².